The van der Waals surface area contributed by atoms with Gasteiger partial charge in [-0.15, -0.1) is 0 Å². The normalized spacial score (nSPS) is 12.8. The Balaban J connectivity index is 3.87. The van der Waals surface area contributed by atoms with Gasteiger partial charge in [0.25, 0.3) is 0 Å². The van der Waals surface area contributed by atoms with Crippen molar-refractivity contribution in [2.45, 2.75) is 489 Å². The number of carbonyl (C=O) groups is 3. The summed E-state index contributed by atoms with van der Waals surface area (Å²) < 4.78 is 22.9. The molecule has 0 rings (SSSR count). The number of likely N-dealkylation sites (N-methyl/N-ethyl adjacent to an activating group) is 1. The highest BCUT2D eigenvalue weighted by atomic mass is 16.7. The third-order valence-electron chi connectivity index (χ3n) is 21.2. The molecule has 616 valence electrons. The van der Waals surface area contributed by atoms with Gasteiger partial charge in [0.1, 0.15) is 13.2 Å². The van der Waals surface area contributed by atoms with Crippen molar-refractivity contribution in [1.29, 1.82) is 0 Å². The number of allylic oxidation sites excluding steroid dienone is 10. The fourth-order valence-electron chi connectivity index (χ4n) is 14.2. The fraction of sp³-hybridized carbons (Fsp3) is 0.865. The average molecular weight is 1480 g/mol. The molecule has 0 aliphatic carbocycles. The van der Waals surface area contributed by atoms with Crippen LogP contribution in [-0.2, 0) is 33.3 Å². The van der Waals surface area contributed by atoms with Crippen LogP contribution in [0.4, 0.5) is 0 Å². The van der Waals surface area contributed by atoms with E-state index in [0.717, 1.165) is 64.2 Å². The molecule has 0 fully saturated rings. The van der Waals surface area contributed by atoms with Gasteiger partial charge >= 0.3 is 11.9 Å². The Morgan fingerprint density at radius 2 is 0.543 bits per heavy atom. The van der Waals surface area contributed by atoms with E-state index in [-0.39, 0.29) is 32.2 Å². The maximum atomic E-state index is 13.0. The minimum Gasteiger partial charge on any atom is -0.545 e. The number of hydrogen-bond acceptors (Lipinski definition) is 8. The molecule has 0 aromatic rings. The molecule has 105 heavy (non-hydrogen) atoms. The van der Waals surface area contributed by atoms with Crippen LogP contribution in [0.2, 0.25) is 0 Å². The molecule has 0 aromatic heterocycles. The van der Waals surface area contributed by atoms with Crippen molar-refractivity contribution < 1.29 is 42.9 Å². The molecule has 0 N–H and O–H groups in total. The third kappa shape index (κ3) is 88.1. The molecule has 0 aromatic carbocycles. The summed E-state index contributed by atoms with van der Waals surface area (Å²) in [4.78, 5) is 37.7. The zero-order chi connectivity index (χ0) is 76.0. The fourth-order valence-corrected chi connectivity index (χ4v) is 14.2. The molecular formula is C96H179NO8. The lowest BCUT2D eigenvalue weighted by atomic mass is 10.0. The number of carbonyl (C=O) groups excluding carboxylic acids is 3. The van der Waals surface area contributed by atoms with Crippen LogP contribution in [0.1, 0.15) is 476 Å². The van der Waals surface area contributed by atoms with Gasteiger partial charge in [-0.05, 0) is 77.0 Å². The Labute approximate surface area is 654 Å². The zero-order valence-corrected chi connectivity index (χ0v) is 70.9. The SMILES string of the molecule is CC/C=C\C/C=C\C/C=C\C/C=C\CCCCCCCCCCCCCCCCCCCCCCCCCCCCCCC(=O)OC(COC(=O)CCCCCCCCCCCCCCCCCCCCCCCCCCCCC/C=C\CCCCCCCCCC)COC(OCC[N+](C)(C)C)C(=O)[O-]. The Bertz CT molecular complexity index is 1920. The van der Waals surface area contributed by atoms with Gasteiger partial charge in [0.15, 0.2) is 12.4 Å². The zero-order valence-electron chi connectivity index (χ0n) is 70.9. The summed E-state index contributed by atoms with van der Waals surface area (Å²) in [5.74, 6) is -2.24. The van der Waals surface area contributed by atoms with E-state index in [1.165, 1.54) is 385 Å². The Morgan fingerprint density at radius 3 is 0.819 bits per heavy atom. The van der Waals surface area contributed by atoms with Crippen LogP contribution in [0.3, 0.4) is 0 Å². The molecule has 9 nitrogen and oxygen atoms in total. The van der Waals surface area contributed by atoms with Crippen LogP contribution in [0, 0.1) is 0 Å². The Morgan fingerprint density at radius 1 is 0.295 bits per heavy atom. The number of unbranched alkanes of at least 4 members (excludes halogenated alkanes) is 63. The highest BCUT2D eigenvalue weighted by Gasteiger charge is 2.22. The summed E-state index contributed by atoms with van der Waals surface area (Å²) in [5, 5.41) is 11.9. The third-order valence-corrected chi connectivity index (χ3v) is 21.2. The summed E-state index contributed by atoms with van der Waals surface area (Å²) in [6.45, 7) is 4.72. The summed E-state index contributed by atoms with van der Waals surface area (Å²) in [6, 6.07) is 0. The van der Waals surface area contributed by atoms with E-state index >= 15 is 0 Å². The molecule has 2 atom stereocenters. The minimum absolute atomic E-state index is 0.151. The van der Waals surface area contributed by atoms with Gasteiger partial charge in [0.05, 0.1) is 40.3 Å². The second kappa shape index (κ2) is 86.6. The first-order chi connectivity index (χ1) is 51.6. The highest BCUT2D eigenvalue weighted by Crippen LogP contribution is 2.21. The maximum absolute atomic E-state index is 13.0. The first kappa shape index (κ1) is 102. The minimum atomic E-state index is -1.62. The van der Waals surface area contributed by atoms with E-state index in [0.29, 0.717) is 17.4 Å². The van der Waals surface area contributed by atoms with Crippen LogP contribution in [0.25, 0.3) is 0 Å². The van der Waals surface area contributed by atoms with Gasteiger partial charge in [-0.3, -0.25) is 9.59 Å². The summed E-state index contributed by atoms with van der Waals surface area (Å²) in [6.07, 6.45) is 114. The predicted molar refractivity (Wildman–Crippen MR) is 454 cm³/mol. The maximum Gasteiger partial charge on any atom is 0.306 e. The number of nitrogens with zero attached hydrogens (tertiary/aromatic N) is 1. The lowest BCUT2D eigenvalue weighted by molar-refractivity contribution is -0.870. The molecule has 0 saturated heterocycles. The van der Waals surface area contributed by atoms with Crippen molar-refractivity contribution in [3.05, 3.63) is 60.8 Å². The average Bonchev–Trinajstić information content (AvgIpc) is 1.18. The summed E-state index contributed by atoms with van der Waals surface area (Å²) in [7, 11) is 5.96. The molecule has 0 aliphatic heterocycles. The standard InChI is InChI=1S/C96H179NO8/c1-6-8-10-12-14-16-18-20-22-24-26-28-30-32-34-36-38-40-42-44-46-47-49-51-53-55-57-59-61-63-65-67-69-71-73-75-77-79-81-83-85-87-94(99)105-92(91-104-96(95(100)101)102-89-88-97(3,4)5)90-103-93(98)86-84-82-80-78-76-74-72-70-68-66-64-62-60-58-56-54-52-50-48-45-43-41-39-37-35-33-31-29-27-25-23-21-19-17-15-13-11-9-7-2/h8,10,14,16,20,22,25-28,92,96H,6-7,9,11-13,15,17-19,21,23-24,29-91H2,1-5H3/b10-8-,16-14-,22-20-,27-25-,28-26-. The molecule has 2 unspecified atom stereocenters. The quantitative estimate of drug-likeness (QED) is 0.0195. The number of carboxylic acids is 1. The van der Waals surface area contributed by atoms with Gasteiger partial charge in [0, 0.05) is 12.8 Å². The Kier molecular flexibility index (Phi) is 84.1. The number of ether oxygens (including phenoxy) is 4. The second-order valence-electron chi connectivity index (χ2n) is 32.9. The second-order valence-corrected chi connectivity index (χ2v) is 32.9. The van der Waals surface area contributed by atoms with Crippen molar-refractivity contribution in [1.82, 2.24) is 0 Å². The van der Waals surface area contributed by atoms with Gasteiger partial charge < -0.3 is 33.3 Å². The predicted octanol–water partition coefficient (Wildman–Crippen LogP) is 29.2. The molecule has 0 heterocycles. The van der Waals surface area contributed by atoms with E-state index in [9.17, 15) is 19.5 Å². The van der Waals surface area contributed by atoms with Crippen LogP contribution in [-0.4, -0.2) is 82.3 Å². The number of esters is 2. The van der Waals surface area contributed by atoms with Crippen molar-refractivity contribution >= 4 is 17.9 Å². The topological polar surface area (TPSA) is 111 Å². The smallest absolute Gasteiger partial charge is 0.306 e. The number of carboxylic acid groups (broad SMARTS) is 1. The number of hydrogen-bond donors (Lipinski definition) is 0. The van der Waals surface area contributed by atoms with Gasteiger partial charge in [-0.1, -0.05) is 447 Å². The van der Waals surface area contributed by atoms with E-state index in [2.05, 4.69) is 74.6 Å². The van der Waals surface area contributed by atoms with E-state index < -0.39 is 24.3 Å². The van der Waals surface area contributed by atoms with Crippen LogP contribution in [0.15, 0.2) is 60.8 Å². The van der Waals surface area contributed by atoms with Crippen LogP contribution >= 0.6 is 0 Å². The number of rotatable bonds is 88. The molecule has 9 heteroatoms. The van der Waals surface area contributed by atoms with Crippen molar-refractivity contribution in [2.75, 3.05) is 47.5 Å². The van der Waals surface area contributed by atoms with Crippen LogP contribution in [0.5, 0.6) is 0 Å². The molecular weight excluding hydrogens is 1300 g/mol. The Hall–Kier alpha value is -3.01. The van der Waals surface area contributed by atoms with E-state index in [4.69, 9.17) is 18.9 Å². The summed E-state index contributed by atoms with van der Waals surface area (Å²) in [5.41, 5.74) is 0. The first-order valence-corrected chi connectivity index (χ1v) is 46.4. The van der Waals surface area contributed by atoms with Gasteiger partial charge in [0.2, 0.25) is 0 Å². The van der Waals surface area contributed by atoms with Gasteiger partial charge in [-0.2, -0.15) is 0 Å². The lowest BCUT2D eigenvalue weighted by Crippen LogP contribution is -2.44. The molecule has 0 saturated carbocycles. The summed E-state index contributed by atoms with van der Waals surface area (Å²) >= 11 is 0. The van der Waals surface area contributed by atoms with Crippen molar-refractivity contribution in [2.24, 2.45) is 0 Å². The van der Waals surface area contributed by atoms with E-state index in [1.54, 1.807) is 0 Å². The molecule has 0 radical (unpaired) electrons. The first-order valence-electron chi connectivity index (χ1n) is 46.4. The van der Waals surface area contributed by atoms with E-state index in [1.807, 2.05) is 21.1 Å². The van der Waals surface area contributed by atoms with Crippen molar-refractivity contribution in [3.8, 4) is 0 Å². The highest BCUT2D eigenvalue weighted by molar-refractivity contribution is 5.70. The molecule has 0 spiro atoms. The number of aliphatic carboxylic acids is 1. The monoisotopic (exact) mass is 1470 g/mol. The molecule has 0 bridgehead atoms. The number of quaternary nitrogens is 1. The van der Waals surface area contributed by atoms with Gasteiger partial charge in [-0.25, -0.2) is 0 Å². The lowest BCUT2D eigenvalue weighted by Gasteiger charge is -2.26. The molecule has 0 amide bonds. The molecule has 0 aliphatic rings. The van der Waals surface area contributed by atoms with Crippen LogP contribution < -0.4 is 5.11 Å². The largest absolute Gasteiger partial charge is 0.545 e. The van der Waals surface area contributed by atoms with Crippen molar-refractivity contribution in [3.63, 3.8) is 0 Å².